The Morgan fingerprint density at radius 1 is 1.20 bits per heavy atom. The van der Waals surface area contributed by atoms with E-state index < -0.39 is 0 Å². The second kappa shape index (κ2) is 7.98. The molecule has 30 heavy (non-hydrogen) atoms. The number of carbonyl (C=O) groups excluding carboxylic acids is 1. The molecule has 0 saturated carbocycles. The number of nitrogens with one attached hydrogen (secondary N) is 1. The van der Waals surface area contributed by atoms with Crippen LogP contribution in [0.1, 0.15) is 31.2 Å². The van der Waals surface area contributed by atoms with Crippen molar-refractivity contribution in [2.24, 2.45) is 0 Å². The van der Waals surface area contributed by atoms with Crippen molar-refractivity contribution >= 4 is 16.9 Å². The number of likely N-dealkylation sites (tertiary alicyclic amines) is 1. The Labute approximate surface area is 172 Å². The molecule has 8 heteroatoms. The van der Waals surface area contributed by atoms with Crippen molar-refractivity contribution in [1.29, 1.82) is 0 Å². The number of hydrogen-bond donors (Lipinski definition) is 1. The summed E-state index contributed by atoms with van der Waals surface area (Å²) in [5.74, 6) is 1.55. The Kier molecular flexibility index (Phi) is 4.88. The van der Waals surface area contributed by atoms with Crippen molar-refractivity contribution in [1.82, 2.24) is 25.0 Å². The number of hydrogen-bond acceptors (Lipinski definition) is 6. The third-order valence-corrected chi connectivity index (χ3v) is 5.33. The second-order valence-corrected chi connectivity index (χ2v) is 7.29. The highest BCUT2D eigenvalue weighted by Gasteiger charge is 2.32. The van der Waals surface area contributed by atoms with Gasteiger partial charge in [0.05, 0.1) is 17.4 Å². The number of para-hydroxylation sites is 1. The zero-order chi connectivity index (χ0) is 20.3. The van der Waals surface area contributed by atoms with Crippen molar-refractivity contribution in [3.05, 3.63) is 60.7 Å². The Morgan fingerprint density at radius 3 is 3.00 bits per heavy atom. The number of fused-ring (bicyclic) bond motifs is 1. The fourth-order valence-corrected chi connectivity index (χ4v) is 3.79. The number of benzene rings is 2. The fraction of sp³-hybridized carbons (Fsp3) is 0.273. The summed E-state index contributed by atoms with van der Waals surface area (Å²) in [5.41, 5.74) is 2.62. The molecule has 0 aliphatic carbocycles. The predicted molar refractivity (Wildman–Crippen MR) is 110 cm³/mol. The first-order valence-corrected chi connectivity index (χ1v) is 10.0. The van der Waals surface area contributed by atoms with Gasteiger partial charge in [-0.15, -0.1) is 0 Å². The summed E-state index contributed by atoms with van der Waals surface area (Å²) in [5, 5.41) is 4.15. The third kappa shape index (κ3) is 3.63. The van der Waals surface area contributed by atoms with Crippen LogP contribution in [0.5, 0.6) is 5.75 Å². The first kappa shape index (κ1) is 18.4. The van der Waals surface area contributed by atoms with Crippen LogP contribution >= 0.6 is 0 Å². The zero-order valence-electron chi connectivity index (χ0n) is 16.3. The van der Waals surface area contributed by atoms with E-state index in [1.54, 1.807) is 11.2 Å². The molecule has 1 fully saturated rings. The number of imidazole rings is 1. The highest BCUT2D eigenvalue weighted by Crippen LogP contribution is 2.31. The topological polar surface area (TPSA) is 97.1 Å². The second-order valence-electron chi connectivity index (χ2n) is 7.29. The average Bonchev–Trinajstić information content (AvgIpc) is 3.47. The van der Waals surface area contributed by atoms with Crippen LogP contribution in [0.25, 0.3) is 22.4 Å². The van der Waals surface area contributed by atoms with Crippen molar-refractivity contribution in [2.45, 2.75) is 25.3 Å². The number of aromatic amines is 1. The predicted octanol–water partition coefficient (Wildman–Crippen LogP) is 3.75. The van der Waals surface area contributed by atoms with Crippen LogP contribution in [0.15, 0.2) is 59.4 Å². The maximum Gasteiger partial charge on any atom is 0.261 e. The summed E-state index contributed by atoms with van der Waals surface area (Å²) < 4.78 is 11.2. The molecule has 152 valence electrons. The summed E-state index contributed by atoms with van der Waals surface area (Å²) in [6, 6.07) is 14.9. The molecule has 0 radical (unpaired) electrons. The summed E-state index contributed by atoms with van der Waals surface area (Å²) in [4.78, 5) is 26.6. The number of carbonyl (C=O) groups is 1. The molecule has 0 unspecified atom stereocenters. The molecule has 5 rings (SSSR count). The minimum Gasteiger partial charge on any atom is -0.484 e. The Morgan fingerprint density at radius 2 is 2.10 bits per heavy atom. The van der Waals surface area contributed by atoms with Gasteiger partial charge in [-0.25, -0.2) is 4.98 Å². The van der Waals surface area contributed by atoms with E-state index in [0.717, 1.165) is 35.9 Å². The number of ether oxygens (including phenoxy) is 1. The zero-order valence-corrected chi connectivity index (χ0v) is 16.3. The molecule has 1 amide bonds. The molecule has 2 aromatic carbocycles. The van der Waals surface area contributed by atoms with Crippen LogP contribution in [-0.4, -0.2) is 44.1 Å². The first-order chi connectivity index (χ1) is 14.8. The summed E-state index contributed by atoms with van der Waals surface area (Å²) in [6.45, 7) is 0.636. The van der Waals surface area contributed by atoms with Crippen LogP contribution in [0.2, 0.25) is 0 Å². The number of rotatable bonds is 5. The first-order valence-electron chi connectivity index (χ1n) is 10.0. The van der Waals surface area contributed by atoms with E-state index in [-0.39, 0.29) is 18.6 Å². The van der Waals surface area contributed by atoms with Gasteiger partial charge in [0.2, 0.25) is 11.7 Å². The Balaban J connectivity index is 1.33. The molecule has 8 nitrogen and oxygen atoms in total. The molecule has 1 aliphatic heterocycles. The standard InChI is InChI=1S/C22H21N5O3/c28-20(13-29-16-6-2-1-3-7-16)27-11-5-4-8-19(27)22-25-21(26-30-22)15-9-10-17-18(12-15)24-14-23-17/h1-3,6-7,9-10,12,14,19H,4-5,8,11,13H2,(H,23,24)/t19-/m1/s1. The molecular formula is C22H21N5O3. The van der Waals surface area contributed by atoms with Gasteiger partial charge in [0, 0.05) is 12.1 Å². The van der Waals surface area contributed by atoms with Crippen LogP contribution in [0, 0.1) is 0 Å². The molecule has 0 bridgehead atoms. The van der Waals surface area contributed by atoms with Crippen LogP contribution < -0.4 is 4.74 Å². The molecule has 0 spiro atoms. The third-order valence-electron chi connectivity index (χ3n) is 5.33. The van der Waals surface area contributed by atoms with E-state index in [1.165, 1.54) is 0 Å². The van der Waals surface area contributed by atoms with Crippen molar-refractivity contribution in [3.63, 3.8) is 0 Å². The number of aromatic nitrogens is 4. The van der Waals surface area contributed by atoms with E-state index in [9.17, 15) is 4.79 Å². The minimum absolute atomic E-state index is 0.0159. The molecule has 1 saturated heterocycles. The fourth-order valence-electron chi connectivity index (χ4n) is 3.79. The lowest BCUT2D eigenvalue weighted by Gasteiger charge is -2.33. The van der Waals surface area contributed by atoms with Gasteiger partial charge in [0.25, 0.3) is 5.91 Å². The SMILES string of the molecule is O=C(COc1ccccc1)N1CCCC[C@@H]1c1nc(-c2ccc3nc[nH]c3c2)no1. The Hall–Kier alpha value is -3.68. The van der Waals surface area contributed by atoms with Crippen molar-refractivity contribution in [3.8, 4) is 17.1 Å². The summed E-state index contributed by atoms with van der Waals surface area (Å²) in [6.07, 6.45) is 4.40. The van der Waals surface area contributed by atoms with Crippen LogP contribution in [0.3, 0.4) is 0 Å². The van der Waals surface area contributed by atoms with Crippen LogP contribution in [-0.2, 0) is 4.79 Å². The molecule has 3 heterocycles. The highest BCUT2D eigenvalue weighted by atomic mass is 16.5. The molecule has 1 atom stereocenters. The number of nitrogens with zero attached hydrogens (tertiary/aromatic N) is 4. The summed E-state index contributed by atoms with van der Waals surface area (Å²) >= 11 is 0. The van der Waals surface area contributed by atoms with E-state index >= 15 is 0 Å². The normalized spacial score (nSPS) is 16.7. The number of amides is 1. The lowest BCUT2D eigenvalue weighted by Crippen LogP contribution is -2.41. The van der Waals surface area contributed by atoms with Gasteiger partial charge in [-0.2, -0.15) is 4.98 Å². The lowest BCUT2D eigenvalue weighted by atomic mass is 10.0. The quantitative estimate of drug-likeness (QED) is 0.545. The lowest BCUT2D eigenvalue weighted by molar-refractivity contribution is -0.138. The molecule has 1 N–H and O–H groups in total. The minimum atomic E-state index is -0.234. The largest absolute Gasteiger partial charge is 0.484 e. The van der Waals surface area contributed by atoms with Gasteiger partial charge in [0.15, 0.2) is 6.61 Å². The molecule has 1 aliphatic rings. The van der Waals surface area contributed by atoms with Gasteiger partial charge in [-0.1, -0.05) is 23.4 Å². The van der Waals surface area contributed by atoms with Gasteiger partial charge in [-0.3, -0.25) is 4.79 Å². The monoisotopic (exact) mass is 403 g/mol. The molecule has 4 aromatic rings. The molecule has 2 aromatic heterocycles. The van der Waals surface area contributed by atoms with E-state index in [1.807, 2.05) is 48.5 Å². The maximum absolute atomic E-state index is 12.8. The Bertz CT molecular complexity index is 1150. The highest BCUT2D eigenvalue weighted by molar-refractivity contribution is 5.80. The smallest absolute Gasteiger partial charge is 0.261 e. The van der Waals surface area contributed by atoms with Crippen LogP contribution in [0.4, 0.5) is 0 Å². The maximum atomic E-state index is 12.8. The van der Waals surface area contributed by atoms with Gasteiger partial charge < -0.3 is 19.1 Å². The molecular weight excluding hydrogens is 382 g/mol. The van der Waals surface area contributed by atoms with E-state index in [2.05, 4.69) is 20.1 Å². The van der Waals surface area contributed by atoms with Gasteiger partial charge in [-0.05, 0) is 49.6 Å². The van der Waals surface area contributed by atoms with E-state index in [4.69, 9.17) is 9.26 Å². The number of H-pyrrole nitrogens is 1. The van der Waals surface area contributed by atoms with Crippen molar-refractivity contribution < 1.29 is 14.1 Å². The number of piperidine rings is 1. The summed E-state index contributed by atoms with van der Waals surface area (Å²) in [7, 11) is 0. The van der Waals surface area contributed by atoms with Gasteiger partial charge in [0.1, 0.15) is 11.8 Å². The van der Waals surface area contributed by atoms with E-state index in [0.29, 0.717) is 24.0 Å². The average molecular weight is 403 g/mol. The van der Waals surface area contributed by atoms with Gasteiger partial charge >= 0.3 is 0 Å². The van der Waals surface area contributed by atoms with Crippen molar-refractivity contribution in [2.75, 3.05) is 13.2 Å².